The molecule has 2 aromatic rings. The van der Waals surface area contributed by atoms with Gasteiger partial charge < -0.3 is 19.3 Å². The van der Waals surface area contributed by atoms with Crippen molar-refractivity contribution in [3.63, 3.8) is 0 Å². The standard InChI is InChI=1S/C20H25N3O6/c1-11(2)21-20(26)22-18(24)14(5)28-19(25)15-7-6-8-16(9-15)27-10-17-12(3)23-29-13(17)4/h6-9,11,14H,10H2,1-5H3,(H2,21,22,24,26). The molecule has 1 unspecified atom stereocenters. The number of aryl methyl sites for hydroxylation is 2. The highest BCUT2D eigenvalue weighted by atomic mass is 16.5. The lowest BCUT2D eigenvalue weighted by molar-refractivity contribution is -0.127. The monoisotopic (exact) mass is 403 g/mol. The number of carbonyl (C=O) groups is 3. The summed E-state index contributed by atoms with van der Waals surface area (Å²) >= 11 is 0. The SMILES string of the molecule is Cc1noc(C)c1COc1cccc(C(=O)OC(C)C(=O)NC(=O)NC(C)C)c1. The van der Waals surface area contributed by atoms with E-state index < -0.39 is 24.0 Å². The number of nitrogens with one attached hydrogen (secondary N) is 2. The zero-order valence-corrected chi connectivity index (χ0v) is 17.1. The maximum absolute atomic E-state index is 12.3. The molecule has 0 saturated heterocycles. The van der Waals surface area contributed by atoms with Gasteiger partial charge in [-0.15, -0.1) is 0 Å². The topological polar surface area (TPSA) is 120 Å². The second kappa shape index (κ2) is 9.72. The summed E-state index contributed by atoms with van der Waals surface area (Å²) in [6, 6.07) is 5.61. The summed E-state index contributed by atoms with van der Waals surface area (Å²) in [7, 11) is 0. The molecule has 2 N–H and O–H groups in total. The molecule has 9 nitrogen and oxygen atoms in total. The van der Waals surface area contributed by atoms with E-state index in [4.69, 9.17) is 14.0 Å². The lowest BCUT2D eigenvalue weighted by atomic mass is 10.2. The number of ether oxygens (including phenoxy) is 2. The van der Waals surface area contributed by atoms with Crippen LogP contribution >= 0.6 is 0 Å². The van der Waals surface area contributed by atoms with Gasteiger partial charge >= 0.3 is 12.0 Å². The van der Waals surface area contributed by atoms with E-state index in [0.717, 1.165) is 11.3 Å². The number of rotatable bonds is 7. The van der Waals surface area contributed by atoms with Crippen LogP contribution in [0.3, 0.4) is 0 Å². The van der Waals surface area contributed by atoms with Gasteiger partial charge in [0.25, 0.3) is 5.91 Å². The molecule has 0 aliphatic rings. The minimum Gasteiger partial charge on any atom is -0.489 e. The Morgan fingerprint density at radius 1 is 1.17 bits per heavy atom. The van der Waals surface area contributed by atoms with Gasteiger partial charge in [0.15, 0.2) is 6.10 Å². The second-order valence-corrected chi connectivity index (χ2v) is 6.78. The Morgan fingerprint density at radius 3 is 2.52 bits per heavy atom. The molecule has 1 heterocycles. The quantitative estimate of drug-likeness (QED) is 0.682. The summed E-state index contributed by atoms with van der Waals surface area (Å²) < 4.78 is 15.9. The van der Waals surface area contributed by atoms with Gasteiger partial charge in [0.1, 0.15) is 18.1 Å². The molecule has 0 radical (unpaired) electrons. The van der Waals surface area contributed by atoms with E-state index >= 15 is 0 Å². The van der Waals surface area contributed by atoms with Crippen LogP contribution in [0.1, 0.15) is 48.1 Å². The lowest BCUT2D eigenvalue weighted by Crippen LogP contribution is -2.46. The van der Waals surface area contributed by atoms with Crippen LogP contribution in [-0.2, 0) is 16.1 Å². The van der Waals surface area contributed by atoms with Crippen LogP contribution in [0.25, 0.3) is 0 Å². The van der Waals surface area contributed by atoms with Gasteiger partial charge in [-0.2, -0.15) is 0 Å². The molecule has 0 spiro atoms. The molecule has 9 heteroatoms. The Kier molecular flexibility index (Phi) is 7.35. The summed E-state index contributed by atoms with van der Waals surface area (Å²) in [6.45, 7) is 8.75. The summed E-state index contributed by atoms with van der Waals surface area (Å²) in [6.07, 6.45) is -1.15. The Labute approximate surface area is 168 Å². The van der Waals surface area contributed by atoms with Gasteiger partial charge in [-0.05, 0) is 52.8 Å². The van der Waals surface area contributed by atoms with Crippen molar-refractivity contribution in [2.24, 2.45) is 0 Å². The predicted octanol–water partition coefficient (Wildman–Crippen LogP) is 2.65. The van der Waals surface area contributed by atoms with E-state index in [-0.39, 0.29) is 18.2 Å². The predicted molar refractivity (Wildman–Crippen MR) is 103 cm³/mol. The molecule has 0 aliphatic carbocycles. The number of nitrogens with zero attached hydrogens (tertiary/aromatic N) is 1. The third-order valence-electron chi connectivity index (χ3n) is 3.94. The number of urea groups is 1. The first-order valence-corrected chi connectivity index (χ1v) is 9.14. The summed E-state index contributed by atoms with van der Waals surface area (Å²) in [5.74, 6) is -0.311. The van der Waals surface area contributed by atoms with Gasteiger partial charge in [0.05, 0.1) is 16.8 Å². The average Bonchev–Trinajstić information content (AvgIpc) is 2.97. The minimum atomic E-state index is -1.15. The van der Waals surface area contributed by atoms with Crippen LogP contribution in [0.2, 0.25) is 0 Å². The van der Waals surface area contributed by atoms with Crippen molar-refractivity contribution in [3.8, 4) is 5.75 Å². The Morgan fingerprint density at radius 2 is 1.90 bits per heavy atom. The van der Waals surface area contributed by atoms with Crippen molar-refractivity contribution < 1.29 is 28.4 Å². The highest BCUT2D eigenvalue weighted by molar-refractivity contribution is 5.98. The van der Waals surface area contributed by atoms with Crippen LogP contribution in [0.15, 0.2) is 28.8 Å². The first-order chi connectivity index (χ1) is 13.7. The van der Waals surface area contributed by atoms with E-state index in [1.165, 1.54) is 13.0 Å². The third-order valence-corrected chi connectivity index (χ3v) is 3.94. The van der Waals surface area contributed by atoms with E-state index in [2.05, 4.69) is 15.8 Å². The van der Waals surface area contributed by atoms with Crippen LogP contribution < -0.4 is 15.4 Å². The number of carbonyl (C=O) groups excluding carboxylic acids is 3. The molecule has 3 amide bonds. The number of amides is 3. The summed E-state index contributed by atoms with van der Waals surface area (Å²) in [4.78, 5) is 35.9. The molecule has 0 fully saturated rings. The van der Waals surface area contributed by atoms with Crippen LogP contribution in [0.5, 0.6) is 5.75 Å². The number of benzene rings is 1. The molecular formula is C20H25N3O6. The van der Waals surface area contributed by atoms with Crippen LogP contribution in [0, 0.1) is 13.8 Å². The normalized spacial score (nSPS) is 11.7. The fourth-order valence-corrected chi connectivity index (χ4v) is 2.37. The first-order valence-electron chi connectivity index (χ1n) is 9.14. The molecule has 0 aliphatic heterocycles. The summed E-state index contributed by atoms with van der Waals surface area (Å²) in [5, 5.41) is 8.50. The Balaban J connectivity index is 1.94. The summed E-state index contributed by atoms with van der Waals surface area (Å²) in [5.41, 5.74) is 1.79. The lowest BCUT2D eigenvalue weighted by Gasteiger charge is -2.14. The van der Waals surface area contributed by atoms with E-state index in [0.29, 0.717) is 11.5 Å². The highest BCUT2D eigenvalue weighted by Gasteiger charge is 2.21. The number of esters is 1. The first kappa shape index (κ1) is 21.9. The van der Waals surface area contributed by atoms with Crippen molar-refractivity contribution >= 4 is 17.9 Å². The van der Waals surface area contributed by atoms with Crippen LogP contribution in [0.4, 0.5) is 4.79 Å². The number of hydrogen-bond donors (Lipinski definition) is 2. The van der Waals surface area contributed by atoms with Crippen LogP contribution in [-0.4, -0.2) is 35.2 Å². The van der Waals surface area contributed by atoms with Crippen molar-refractivity contribution in [1.29, 1.82) is 0 Å². The van der Waals surface area contributed by atoms with E-state index in [9.17, 15) is 14.4 Å². The smallest absolute Gasteiger partial charge is 0.339 e. The minimum absolute atomic E-state index is 0.131. The Bertz CT molecular complexity index is 871. The van der Waals surface area contributed by atoms with Crippen molar-refractivity contribution in [3.05, 3.63) is 46.8 Å². The Hall–Kier alpha value is -3.36. The maximum Gasteiger partial charge on any atom is 0.339 e. The second-order valence-electron chi connectivity index (χ2n) is 6.78. The number of imide groups is 1. The fraction of sp³-hybridized carbons (Fsp3) is 0.400. The third kappa shape index (κ3) is 6.34. The van der Waals surface area contributed by atoms with Gasteiger partial charge in [-0.1, -0.05) is 11.2 Å². The molecular weight excluding hydrogens is 378 g/mol. The molecule has 29 heavy (non-hydrogen) atoms. The largest absolute Gasteiger partial charge is 0.489 e. The maximum atomic E-state index is 12.3. The molecule has 0 saturated carbocycles. The number of hydrogen-bond acceptors (Lipinski definition) is 7. The van der Waals surface area contributed by atoms with Gasteiger partial charge in [0, 0.05) is 6.04 Å². The highest BCUT2D eigenvalue weighted by Crippen LogP contribution is 2.19. The molecule has 2 rings (SSSR count). The number of aromatic nitrogens is 1. The average molecular weight is 403 g/mol. The molecule has 0 bridgehead atoms. The van der Waals surface area contributed by atoms with Crippen molar-refractivity contribution in [2.45, 2.75) is 53.4 Å². The van der Waals surface area contributed by atoms with Crippen molar-refractivity contribution in [2.75, 3.05) is 0 Å². The van der Waals surface area contributed by atoms with Gasteiger partial charge in [-0.25, -0.2) is 9.59 Å². The van der Waals surface area contributed by atoms with Gasteiger partial charge in [-0.3, -0.25) is 10.1 Å². The zero-order valence-electron chi connectivity index (χ0n) is 17.1. The molecule has 1 aromatic carbocycles. The van der Waals surface area contributed by atoms with Gasteiger partial charge in [0.2, 0.25) is 0 Å². The molecule has 1 atom stereocenters. The molecule has 156 valence electrons. The zero-order chi connectivity index (χ0) is 21.6. The van der Waals surface area contributed by atoms with E-state index in [1.807, 2.05) is 6.92 Å². The van der Waals surface area contributed by atoms with E-state index in [1.54, 1.807) is 39.0 Å². The molecule has 1 aromatic heterocycles. The van der Waals surface area contributed by atoms with Crippen molar-refractivity contribution in [1.82, 2.24) is 15.8 Å². The fourth-order valence-electron chi connectivity index (χ4n) is 2.37.